The van der Waals surface area contributed by atoms with Gasteiger partial charge in [-0.1, -0.05) is 12.1 Å². The largest absolute Gasteiger partial charge is 0.496 e. The van der Waals surface area contributed by atoms with Gasteiger partial charge in [-0.05, 0) is 17.7 Å². The molecule has 0 aromatic heterocycles. The number of hydrogen-bond donors (Lipinski definition) is 3. The molecule has 0 spiro atoms. The second-order valence-electron chi connectivity index (χ2n) is 5.55. The van der Waals surface area contributed by atoms with Crippen LogP contribution in [-0.2, 0) is 13.1 Å². The highest BCUT2D eigenvalue weighted by Gasteiger charge is 2.14. The SMILES string of the molecule is COc1cc(OC)c(CNC(=O)NCc2ccc(C(=O)O)cc2)c(OC)c1. The lowest BCUT2D eigenvalue weighted by Crippen LogP contribution is -2.34. The van der Waals surface area contributed by atoms with E-state index in [0.717, 1.165) is 5.56 Å². The molecule has 0 aliphatic carbocycles. The third-order valence-corrected chi connectivity index (χ3v) is 3.90. The van der Waals surface area contributed by atoms with Crippen molar-refractivity contribution in [3.63, 3.8) is 0 Å². The quantitative estimate of drug-likeness (QED) is 0.655. The van der Waals surface area contributed by atoms with Crippen LogP contribution in [0.25, 0.3) is 0 Å². The van der Waals surface area contributed by atoms with Crippen molar-refractivity contribution in [3.8, 4) is 17.2 Å². The minimum Gasteiger partial charge on any atom is -0.496 e. The molecule has 3 N–H and O–H groups in total. The second kappa shape index (κ2) is 9.33. The van der Waals surface area contributed by atoms with Gasteiger partial charge in [0.05, 0.1) is 39.0 Å². The van der Waals surface area contributed by atoms with Crippen molar-refractivity contribution in [1.82, 2.24) is 10.6 Å². The topological polar surface area (TPSA) is 106 Å². The number of carbonyl (C=O) groups excluding carboxylic acids is 1. The third-order valence-electron chi connectivity index (χ3n) is 3.90. The van der Waals surface area contributed by atoms with Crippen molar-refractivity contribution in [3.05, 3.63) is 53.1 Å². The molecule has 2 aromatic carbocycles. The number of methoxy groups -OCH3 is 3. The number of carboxylic acids is 1. The van der Waals surface area contributed by atoms with Crippen molar-refractivity contribution in [2.75, 3.05) is 21.3 Å². The fourth-order valence-electron chi connectivity index (χ4n) is 2.43. The Morgan fingerprint density at radius 3 is 1.93 bits per heavy atom. The van der Waals surface area contributed by atoms with E-state index in [2.05, 4.69) is 10.6 Å². The summed E-state index contributed by atoms with van der Waals surface area (Å²) in [6.07, 6.45) is 0. The molecule has 0 saturated carbocycles. The Morgan fingerprint density at radius 1 is 0.889 bits per heavy atom. The Kier molecular flexibility index (Phi) is 6.87. The van der Waals surface area contributed by atoms with Gasteiger partial charge in [0.25, 0.3) is 0 Å². The normalized spacial score (nSPS) is 10.0. The highest BCUT2D eigenvalue weighted by Crippen LogP contribution is 2.33. The predicted octanol–water partition coefficient (Wildman–Crippen LogP) is 2.41. The van der Waals surface area contributed by atoms with Gasteiger partial charge in [-0.25, -0.2) is 9.59 Å². The Hall–Kier alpha value is -3.42. The first-order valence-corrected chi connectivity index (χ1v) is 8.11. The number of carbonyl (C=O) groups is 2. The molecular formula is C19H22N2O6. The molecule has 0 atom stereocenters. The van der Waals surface area contributed by atoms with Crippen LogP contribution in [0, 0.1) is 0 Å². The number of rotatable bonds is 8. The molecule has 0 saturated heterocycles. The standard InChI is InChI=1S/C19H22N2O6/c1-25-14-8-16(26-2)15(17(9-14)27-3)11-21-19(24)20-10-12-4-6-13(7-5-12)18(22)23/h4-9H,10-11H2,1-3H3,(H,22,23)(H2,20,21,24). The van der Waals surface area contributed by atoms with Gasteiger partial charge < -0.3 is 30.0 Å². The zero-order chi connectivity index (χ0) is 19.8. The molecule has 0 heterocycles. The maximum atomic E-state index is 12.1. The Balaban J connectivity index is 1.96. The van der Waals surface area contributed by atoms with Gasteiger partial charge in [-0.3, -0.25) is 0 Å². The summed E-state index contributed by atoms with van der Waals surface area (Å²) in [6, 6.07) is 9.33. The molecule has 2 amide bonds. The number of carboxylic acid groups (broad SMARTS) is 1. The smallest absolute Gasteiger partial charge is 0.335 e. The fourth-order valence-corrected chi connectivity index (χ4v) is 2.43. The first-order chi connectivity index (χ1) is 13.0. The zero-order valence-electron chi connectivity index (χ0n) is 15.4. The molecule has 27 heavy (non-hydrogen) atoms. The molecule has 0 unspecified atom stereocenters. The number of amides is 2. The molecule has 0 radical (unpaired) electrons. The molecule has 8 nitrogen and oxygen atoms in total. The van der Waals surface area contributed by atoms with E-state index in [1.54, 1.807) is 31.4 Å². The zero-order valence-corrected chi connectivity index (χ0v) is 15.4. The van der Waals surface area contributed by atoms with Crippen LogP contribution in [0.2, 0.25) is 0 Å². The van der Waals surface area contributed by atoms with E-state index >= 15 is 0 Å². The van der Waals surface area contributed by atoms with E-state index < -0.39 is 5.97 Å². The van der Waals surface area contributed by atoms with Gasteiger partial charge >= 0.3 is 12.0 Å². The number of hydrogen-bond acceptors (Lipinski definition) is 5. The lowest BCUT2D eigenvalue weighted by Gasteiger charge is -2.16. The number of urea groups is 1. The molecule has 0 bridgehead atoms. The number of benzene rings is 2. The average Bonchev–Trinajstić information content (AvgIpc) is 2.70. The Labute approximate surface area is 157 Å². The van der Waals surface area contributed by atoms with E-state index in [0.29, 0.717) is 22.8 Å². The van der Waals surface area contributed by atoms with Crippen LogP contribution in [0.3, 0.4) is 0 Å². The van der Waals surface area contributed by atoms with Crippen LogP contribution in [0.15, 0.2) is 36.4 Å². The summed E-state index contributed by atoms with van der Waals surface area (Å²) < 4.78 is 15.9. The average molecular weight is 374 g/mol. The molecule has 0 aliphatic heterocycles. The second-order valence-corrected chi connectivity index (χ2v) is 5.55. The molecule has 0 fully saturated rings. The summed E-state index contributed by atoms with van der Waals surface area (Å²) in [5.74, 6) is 0.669. The summed E-state index contributed by atoms with van der Waals surface area (Å²) >= 11 is 0. The monoisotopic (exact) mass is 374 g/mol. The van der Waals surface area contributed by atoms with E-state index in [4.69, 9.17) is 19.3 Å². The molecule has 2 rings (SSSR count). The number of ether oxygens (including phenoxy) is 3. The Morgan fingerprint density at radius 2 is 1.44 bits per heavy atom. The maximum Gasteiger partial charge on any atom is 0.335 e. The van der Waals surface area contributed by atoms with Crippen molar-refractivity contribution < 1.29 is 28.9 Å². The molecule has 8 heteroatoms. The lowest BCUT2D eigenvalue weighted by atomic mass is 10.1. The highest BCUT2D eigenvalue weighted by molar-refractivity contribution is 5.87. The summed E-state index contributed by atoms with van der Waals surface area (Å²) in [5.41, 5.74) is 1.67. The van der Waals surface area contributed by atoms with E-state index in [1.165, 1.54) is 26.4 Å². The first-order valence-electron chi connectivity index (χ1n) is 8.11. The van der Waals surface area contributed by atoms with Crippen molar-refractivity contribution >= 4 is 12.0 Å². The first kappa shape index (κ1) is 19.9. The van der Waals surface area contributed by atoms with E-state index in [1.807, 2.05) is 0 Å². The summed E-state index contributed by atoms with van der Waals surface area (Å²) in [7, 11) is 4.60. The molecule has 0 aliphatic rings. The number of aromatic carboxylic acids is 1. The van der Waals surface area contributed by atoms with Crippen LogP contribution in [-0.4, -0.2) is 38.4 Å². The van der Waals surface area contributed by atoms with Crippen molar-refractivity contribution in [1.29, 1.82) is 0 Å². The van der Waals surface area contributed by atoms with Gasteiger partial charge in [0.15, 0.2) is 0 Å². The predicted molar refractivity (Wildman–Crippen MR) is 98.6 cm³/mol. The van der Waals surface area contributed by atoms with E-state index in [-0.39, 0.29) is 24.7 Å². The van der Waals surface area contributed by atoms with Gasteiger partial charge in [0.2, 0.25) is 0 Å². The Bertz CT molecular complexity index is 779. The highest BCUT2D eigenvalue weighted by atomic mass is 16.5. The number of nitrogens with one attached hydrogen (secondary N) is 2. The van der Waals surface area contributed by atoms with Gasteiger partial charge in [0, 0.05) is 18.7 Å². The van der Waals surface area contributed by atoms with E-state index in [9.17, 15) is 9.59 Å². The molecule has 144 valence electrons. The van der Waals surface area contributed by atoms with Crippen LogP contribution in [0.4, 0.5) is 4.79 Å². The van der Waals surface area contributed by atoms with Gasteiger partial charge in [0.1, 0.15) is 17.2 Å². The summed E-state index contributed by atoms with van der Waals surface area (Å²) in [6.45, 7) is 0.461. The van der Waals surface area contributed by atoms with Crippen LogP contribution < -0.4 is 24.8 Å². The summed E-state index contributed by atoms with van der Waals surface area (Å²) in [5, 5.41) is 14.3. The molecular weight excluding hydrogens is 352 g/mol. The van der Waals surface area contributed by atoms with Gasteiger partial charge in [-0.15, -0.1) is 0 Å². The van der Waals surface area contributed by atoms with Crippen LogP contribution in [0.1, 0.15) is 21.5 Å². The third kappa shape index (κ3) is 5.27. The van der Waals surface area contributed by atoms with Gasteiger partial charge in [-0.2, -0.15) is 0 Å². The maximum absolute atomic E-state index is 12.1. The van der Waals surface area contributed by atoms with Crippen LogP contribution in [0.5, 0.6) is 17.2 Å². The molecule has 2 aromatic rings. The fraction of sp³-hybridized carbons (Fsp3) is 0.263. The lowest BCUT2D eigenvalue weighted by molar-refractivity contribution is 0.0697. The van der Waals surface area contributed by atoms with Crippen LogP contribution >= 0.6 is 0 Å². The minimum atomic E-state index is -0.991. The minimum absolute atomic E-state index is 0.195. The van der Waals surface area contributed by atoms with Crippen molar-refractivity contribution in [2.45, 2.75) is 13.1 Å². The summed E-state index contributed by atoms with van der Waals surface area (Å²) in [4.78, 5) is 22.9. The van der Waals surface area contributed by atoms with Crippen molar-refractivity contribution in [2.24, 2.45) is 0 Å².